The number of nitrogens with zero attached hydrogens (tertiary/aromatic N) is 4. The Labute approximate surface area is 164 Å². The van der Waals surface area contributed by atoms with Crippen molar-refractivity contribution in [2.24, 2.45) is 5.92 Å². The van der Waals surface area contributed by atoms with Crippen LogP contribution in [0.25, 0.3) is 11.1 Å². The quantitative estimate of drug-likeness (QED) is 0.761. The molecule has 1 atom stereocenters. The van der Waals surface area contributed by atoms with Crippen LogP contribution in [-0.2, 0) is 15.8 Å². The molecule has 4 rings (SSSR count). The van der Waals surface area contributed by atoms with Crippen molar-refractivity contribution in [2.45, 2.75) is 38.3 Å². The molecule has 29 heavy (non-hydrogen) atoms. The van der Waals surface area contributed by atoms with E-state index in [0.717, 1.165) is 6.07 Å². The summed E-state index contributed by atoms with van der Waals surface area (Å²) in [6, 6.07) is 1.08. The van der Waals surface area contributed by atoms with E-state index in [-0.39, 0.29) is 46.9 Å². The van der Waals surface area contributed by atoms with Crippen molar-refractivity contribution in [1.29, 1.82) is 0 Å². The van der Waals surface area contributed by atoms with Gasteiger partial charge in [0.05, 0.1) is 22.6 Å². The van der Waals surface area contributed by atoms with Crippen molar-refractivity contribution >= 4 is 22.9 Å². The maximum atomic E-state index is 13.5. The second kappa shape index (κ2) is 7.00. The monoisotopic (exact) mass is 410 g/mol. The molecule has 2 saturated heterocycles. The van der Waals surface area contributed by atoms with Gasteiger partial charge in [-0.1, -0.05) is 5.16 Å². The molecule has 0 radical (unpaired) electrons. The van der Waals surface area contributed by atoms with Gasteiger partial charge < -0.3 is 14.3 Å². The van der Waals surface area contributed by atoms with Crippen LogP contribution < -0.4 is 0 Å². The Bertz CT molecular complexity index is 963. The van der Waals surface area contributed by atoms with Crippen LogP contribution in [0.1, 0.15) is 42.1 Å². The molecule has 156 valence electrons. The summed E-state index contributed by atoms with van der Waals surface area (Å²) in [4.78, 5) is 31.9. The number of aryl methyl sites for hydroxylation is 1. The van der Waals surface area contributed by atoms with Crippen molar-refractivity contribution < 1.29 is 27.3 Å². The molecule has 0 spiro atoms. The Morgan fingerprint density at radius 2 is 1.97 bits per heavy atom. The molecule has 0 saturated carbocycles. The highest BCUT2D eigenvalue weighted by atomic mass is 19.4. The van der Waals surface area contributed by atoms with Crippen LogP contribution in [0.4, 0.5) is 13.2 Å². The van der Waals surface area contributed by atoms with Crippen LogP contribution in [0.5, 0.6) is 0 Å². The molecule has 10 heteroatoms. The van der Waals surface area contributed by atoms with Gasteiger partial charge in [0.15, 0.2) is 0 Å². The number of piperidine rings is 1. The Kier molecular flexibility index (Phi) is 4.74. The average Bonchev–Trinajstić information content (AvgIpc) is 3.22. The third-order valence-corrected chi connectivity index (χ3v) is 5.86. The number of halogens is 3. The number of amides is 2. The van der Waals surface area contributed by atoms with Gasteiger partial charge in [0, 0.05) is 44.7 Å². The smallest absolute Gasteiger partial charge is 0.345 e. The van der Waals surface area contributed by atoms with Crippen LogP contribution in [0, 0.1) is 12.8 Å². The number of hydrogen-bond acceptors (Lipinski definition) is 5. The van der Waals surface area contributed by atoms with E-state index < -0.39 is 11.7 Å². The SMILES string of the molecule is Cc1noc2nc(C3CCN(C(=O)[C@H]4CC(=O)N(C)C4)CC3)cc(C(F)(F)F)c12. The van der Waals surface area contributed by atoms with Gasteiger partial charge in [0.1, 0.15) is 0 Å². The summed E-state index contributed by atoms with van der Waals surface area (Å²) in [7, 11) is 1.67. The minimum atomic E-state index is -4.54. The molecule has 2 amide bonds. The van der Waals surface area contributed by atoms with Gasteiger partial charge in [-0.3, -0.25) is 9.59 Å². The third kappa shape index (κ3) is 3.56. The standard InChI is InChI=1S/C19H21F3N4O3/c1-10-16-13(19(20,21)22)8-14(23-17(16)29-24-10)11-3-5-26(6-4-11)18(28)12-7-15(27)25(2)9-12/h8,11-12H,3-7,9H2,1-2H3/t12-/m0/s1. The van der Waals surface area contributed by atoms with E-state index in [1.54, 1.807) is 16.8 Å². The van der Waals surface area contributed by atoms with Gasteiger partial charge in [0.25, 0.3) is 5.71 Å². The van der Waals surface area contributed by atoms with Crippen molar-refractivity contribution in [3.63, 3.8) is 0 Å². The lowest BCUT2D eigenvalue weighted by Crippen LogP contribution is -2.42. The molecule has 0 bridgehead atoms. The maximum absolute atomic E-state index is 13.5. The van der Waals surface area contributed by atoms with E-state index in [2.05, 4.69) is 10.1 Å². The zero-order valence-electron chi connectivity index (χ0n) is 16.1. The number of aromatic nitrogens is 2. The molecule has 2 aromatic rings. The molecule has 0 unspecified atom stereocenters. The lowest BCUT2D eigenvalue weighted by molar-refractivity contribution is -0.137. The van der Waals surface area contributed by atoms with Gasteiger partial charge in [-0.15, -0.1) is 0 Å². The molecule has 2 fully saturated rings. The van der Waals surface area contributed by atoms with Crippen molar-refractivity contribution in [2.75, 3.05) is 26.7 Å². The van der Waals surface area contributed by atoms with E-state index in [1.165, 1.54) is 6.92 Å². The molecule has 2 aliphatic heterocycles. The first-order chi connectivity index (χ1) is 13.6. The third-order valence-electron chi connectivity index (χ3n) is 5.86. The molecule has 4 heterocycles. The summed E-state index contributed by atoms with van der Waals surface area (Å²) in [5.74, 6) is -0.653. The van der Waals surface area contributed by atoms with Crippen LogP contribution in [0.15, 0.2) is 10.6 Å². The molecular weight excluding hydrogens is 389 g/mol. The minimum absolute atomic E-state index is 0.0437. The summed E-state index contributed by atoms with van der Waals surface area (Å²) in [6.45, 7) is 2.72. The van der Waals surface area contributed by atoms with Crippen molar-refractivity contribution in [3.05, 3.63) is 23.0 Å². The maximum Gasteiger partial charge on any atom is 0.417 e. The number of carbonyl (C=O) groups excluding carboxylic acids is 2. The van der Waals surface area contributed by atoms with Crippen molar-refractivity contribution in [1.82, 2.24) is 19.9 Å². The number of carbonyl (C=O) groups is 2. The first-order valence-corrected chi connectivity index (χ1v) is 9.52. The highest BCUT2D eigenvalue weighted by molar-refractivity contribution is 5.89. The number of hydrogen-bond donors (Lipinski definition) is 0. The van der Waals surface area contributed by atoms with E-state index in [9.17, 15) is 22.8 Å². The predicted octanol–water partition coefficient (Wildman–Crippen LogP) is 2.73. The number of likely N-dealkylation sites (tertiary alicyclic amines) is 2. The molecule has 2 aromatic heterocycles. The molecule has 0 N–H and O–H groups in total. The molecule has 7 nitrogen and oxygen atoms in total. The fraction of sp³-hybridized carbons (Fsp3) is 0.579. The molecule has 0 aliphatic carbocycles. The summed E-state index contributed by atoms with van der Waals surface area (Å²) < 4.78 is 45.6. The number of fused-ring (bicyclic) bond motifs is 1. The normalized spacial score (nSPS) is 21.4. The van der Waals surface area contributed by atoms with E-state index in [0.29, 0.717) is 38.2 Å². The lowest BCUT2D eigenvalue weighted by atomic mass is 9.91. The first-order valence-electron chi connectivity index (χ1n) is 9.52. The second-order valence-electron chi connectivity index (χ2n) is 7.82. The Morgan fingerprint density at radius 3 is 2.55 bits per heavy atom. The zero-order chi connectivity index (χ0) is 20.9. The van der Waals surface area contributed by atoms with E-state index in [1.807, 2.05) is 0 Å². The number of alkyl halides is 3. The Morgan fingerprint density at radius 1 is 1.28 bits per heavy atom. The van der Waals surface area contributed by atoms with Crippen LogP contribution in [0.2, 0.25) is 0 Å². The fourth-order valence-corrected chi connectivity index (χ4v) is 4.23. The second-order valence-corrected chi connectivity index (χ2v) is 7.82. The summed E-state index contributed by atoms with van der Waals surface area (Å²) in [5.41, 5.74) is -0.438. The van der Waals surface area contributed by atoms with Gasteiger partial charge in [-0.05, 0) is 25.8 Å². The minimum Gasteiger partial charge on any atom is -0.345 e. The molecule has 2 aliphatic rings. The largest absolute Gasteiger partial charge is 0.417 e. The molecular formula is C19H21F3N4O3. The highest BCUT2D eigenvalue weighted by Gasteiger charge is 2.38. The van der Waals surface area contributed by atoms with Gasteiger partial charge in [-0.25, -0.2) is 4.98 Å². The van der Waals surface area contributed by atoms with Gasteiger partial charge >= 0.3 is 6.18 Å². The Balaban J connectivity index is 1.51. The number of rotatable bonds is 2. The van der Waals surface area contributed by atoms with E-state index >= 15 is 0 Å². The number of pyridine rings is 1. The summed E-state index contributed by atoms with van der Waals surface area (Å²) >= 11 is 0. The van der Waals surface area contributed by atoms with Crippen molar-refractivity contribution in [3.8, 4) is 0 Å². The topological polar surface area (TPSA) is 79.5 Å². The van der Waals surface area contributed by atoms with Crippen LogP contribution in [-0.4, -0.2) is 58.4 Å². The first kappa shape index (κ1) is 19.7. The summed E-state index contributed by atoms with van der Waals surface area (Å²) in [6.07, 6.45) is -3.31. The zero-order valence-corrected chi connectivity index (χ0v) is 16.1. The lowest BCUT2D eigenvalue weighted by Gasteiger charge is -2.33. The van der Waals surface area contributed by atoms with Crippen LogP contribution >= 0.6 is 0 Å². The molecule has 0 aromatic carbocycles. The van der Waals surface area contributed by atoms with Gasteiger partial charge in [-0.2, -0.15) is 13.2 Å². The Hall–Kier alpha value is -2.65. The fourth-order valence-electron chi connectivity index (χ4n) is 4.23. The highest BCUT2D eigenvalue weighted by Crippen LogP contribution is 2.39. The summed E-state index contributed by atoms with van der Waals surface area (Å²) in [5, 5.41) is 3.52. The van der Waals surface area contributed by atoms with Gasteiger partial charge in [0.2, 0.25) is 11.8 Å². The predicted molar refractivity (Wildman–Crippen MR) is 95.8 cm³/mol. The average molecular weight is 410 g/mol. The van der Waals surface area contributed by atoms with E-state index in [4.69, 9.17) is 4.52 Å². The van der Waals surface area contributed by atoms with Crippen LogP contribution in [0.3, 0.4) is 0 Å².